The van der Waals surface area contributed by atoms with E-state index < -0.39 is 15.9 Å². The molecular formula is C24H22N2O5S. The molecular weight excluding hydrogens is 428 g/mol. The normalized spacial score (nSPS) is 13.2. The van der Waals surface area contributed by atoms with Crippen LogP contribution in [0.5, 0.6) is 5.75 Å². The summed E-state index contributed by atoms with van der Waals surface area (Å²) in [5.41, 5.74) is 5.66. The molecule has 1 aliphatic rings. The predicted octanol–water partition coefficient (Wildman–Crippen LogP) is 3.63. The van der Waals surface area contributed by atoms with Crippen LogP contribution in [0.2, 0.25) is 0 Å². The van der Waals surface area contributed by atoms with Crippen LogP contribution in [0.3, 0.4) is 0 Å². The van der Waals surface area contributed by atoms with Crippen LogP contribution < -0.4 is 14.5 Å². The molecule has 0 saturated heterocycles. The fraction of sp³-hybridized carbons (Fsp3) is 0.125. The second kappa shape index (κ2) is 8.86. The summed E-state index contributed by atoms with van der Waals surface area (Å²) in [5, 5.41) is 8.58. The summed E-state index contributed by atoms with van der Waals surface area (Å²) in [6, 6.07) is 19.6. The Balaban J connectivity index is 1.70. The minimum absolute atomic E-state index is 0.212. The highest BCUT2D eigenvalue weighted by atomic mass is 32.2. The van der Waals surface area contributed by atoms with Crippen molar-refractivity contribution < 1.29 is 23.2 Å². The van der Waals surface area contributed by atoms with E-state index >= 15 is 0 Å². The Hall–Kier alpha value is -3.62. The zero-order chi connectivity index (χ0) is 22.7. The smallest absolute Gasteiger partial charge is 0.267 e. The number of hydrogen-bond donors (Lipinski definition) is 2. The first-order chi connectivity index (χ1) is 15.4. The van der Waals surface area contributed by atoms with E-state index in [2.05, 4.69) is 0 Å². The fourth-order valence-corrected chi connectivity index (χ4v) is 5.27. The van der Waals surface area contributed by atoms with Gasteiger partial charge in [-0.3, -0.25) is 14.3 Å². The van der Waals surface area contributed by atoms with Crippen LogP contribution >= 0.6 is 0 Å². The average molecular weight is 451 g/mol. The van der Waals surface area contributed by atoms with E-state index in [1.165, 1.54) is 17.5 Å². The highest BCUT2D eigenvalue weighted by Crippen LogP contribution is 2.41. The Morgan fingerprint density at radius 2 is 1.78 bits per heavy atom. The number of anilines is 1. The Labute approximate surface area is 186 Å². The average Bonchev–Trinajstić information content (AvgIpc) is 3.28. The lowest BCUT2D eigenvalue weighted by Crippen LogP contribution is -2.29. The second-order valence-corrected chi connectivity index (χ2v) is 9.11. The van der Waals surface area contributed by atoms with Gasteiger partial charge in [0.15, 0.2) is 0 Å². The van der Waals surface area contributed by atoms with E-state index in [1.807, 2.05) is 42.5 Å². The first-order valence-corrected chi connectivity index (χ1v) is 11.4. The number of nitrogens with zero attached hydrogens (tertiary/aromatic N) is 1. The summed E-state index contributed by atoms with van der Waals surface area (Å²) >= 11 is 0. The van der Waals surface area contributed by atoms with Crippen molar-refractivity contribution in [2.45, 2.75) is 11.3 Å². The molecule has 0 unspecified atom stereocenters. The zero-order valence-electron chi connectivity index (χ0n) is 17.4. The van der Waals surface area contributed by atoms with E-state index in [-0.39, 0.29) is 4.90 Å². The predicted molar refractivity (Wildman–Crippen MR) is 122 cm³/mol. The number of hydrogen-bond acceptors (Lipinski definition) is 5. The molecule has 7 nitrogen and oxygen atoms in total. The van der Waals surface area contributed by atoms with Crippen LogP contribution in [-0.2, 0) is 21.2 Å². The van der Waals surface area contributed by atoms with Crippen molar-refractivity contribution in [3.8, 4) is 16.9 Å². The molecule has 0 atom stereocenters. The summed E-state index contributed by atoms with van der Waals surface area (Å²) in [5.74, 6) is -0.0218. The monoisotopic (exact) mass is 450 g/mol. The van der Waals surface area contributed by atoms with Gasteiger partial charge < -0.3 is 4.74 Å². The number of amides is 1. The largest absolute Gasteiger partial charge is 0.497 e. The molecule has 0 spiro atoms. The molecule has 0 fully saturated rings. The van der Waals surface area contributed by atoms with Gasteiger partial charge in [0.1, 0.15) is 5.75 Å². The topological polar surface area (TPSA) is 95.9 Å². The summed E-state index contributed by atoms with van der Waals surface area (Å²) in [6.45, 7) is 0.373. The van der Waals surface area contributed by atoms with E-state index in [0.717, 1.165) is 22.3 Å². The lowest BCUT2D eigenvalue weighted by atomic mass is 9.99. The van der Waals surface area contributed by atoms with Crippen LogP contribution in [0.1, 0.15) is 11.1 Å². The van der Waals surface area contributed by atoms with Crippen LogP contribution in [0, 0.1) is 0 Å². The molecule has 0 bridgehead atoms. The number of rotatable bonds is 6. The van der Waals surface area contributed by atoms with Gasteiger partial charge in [0.25, 0.3) is 15.9 Å². The van der Waals surface area contributed by atoms with Crippen molar-refractivity contribution in [1.82, 2.24) is 5.48 Å². The molecule has 0 aliphatic carbocycles. The number of carbonyl (C=O) groups is 1. The molecule has 1 heterocycles. The number of fused-ring (bicyclic) bond motifs is 1. The van der Waals surface area contributed by atoms with Crippen molar-refractivity contribution >= 4 is 27.7 Å². The van der Waals surface area contributed by atoms with Gasteiger partial charge in [0, 0.05) is 18.2 Å². The minimum atomic E-state index is -3.74. The van der Waals surface area contributed by atoms with Gasteiger partial charge in [-0.1, -0.05) is 42.5 Å². The summed E-state index contributed by atoms with van der Waals surface area (Å²) in [7, 11) is -2.20. The highest BCUT2D eigenvalue weighted by Gasteiger charge is 2.33. The maximum Gasteiger partial charge on any atom is 0.267 e. The van der Waals surface area contributed by atoms with Crippen LogP contribution in [0.25, 0.3) is 17.2 Å². The van der Waals surface area contributed by atoms with Gasteiger partial charge in [-0.15, -0.1) is 0 Å². The number of nitrogens with one attached hydrogen (secondary N) is 1. The van der Waals surface area contributed by atoms with Gasteiger partial charge >= 0.3 is 0 Å². The quantitative estimate of drug-likeness (QED) is 0.340. The van der Waals surface area contributed by atoms with Gasteiger partial charge in [-0.2, -0.15) is 0 Å². The van der Waals surface area contributed by atoms with Crippen molar-refractivity contribution in [1.29, 1.82) is 0 Å². The third-order valence-electron chi connectivity index (χ3n) is 5.36. The SMILES string of the molecule is COc1ccc(S(=O)(=O)N2CCc3cccc(-c4ccc(/C=C/C(=O)NO)cc4)c32)cc1. The number of benzene rings is 3. The molecule has 2 N–H and O–H groups in total. The van der Waals surface area contributed by atoms with Crippen molar-refractivity contribution in [2.75, 3.05) is 18.0 Å². The first-order valence-electron chi connectivity index (χ1n) is 9.95. The molecule has 32 heavy (non-hydrogen) atoms. The molecule has 1 amide bonds. The number of para-hydroxylation sites is 1. The lowest BCUT2D eigenvalue weighted by molar-refractivity contribution is -0.124. The Morgan fingerprint density at radius 3 is 2.44 bits per heavy atom. The molecule has 0 saturated carbocycles. The summed E-state index contributed by atoms with van der Waals surface area (Å²) in [6.07, 6.45) is 3.43. The molecule has 3 aromatic rings. The molecule has 164 valence electrons. The summed E-state index contributed by atoms with van der Waals surface area (Å²) in [4.78, 5) is 11.4. The molecule has 0 radical (unpaired) electrons. The maximum absolute atomic E-state index is 13.4. The number of sulfonamides is 1. The van der Waals surface area contributed by atoms with Crippen LogP contribution in [0.15, 0.2) is 77.7 Å². The number of hydroxylamine groups is 1. The standard InChI is InChI=1S/C24H22N2O5S/c1-31-20-10-12-21(13-11-20)32(29,30)26-16-15-19-3-2-4-22(24(19)26)18-8-5-17(6-9-18)7-14-23(27)25-28/h2-14,28H,15-16H2,1H3,(H,25,27)/b14-7+. The lowest BCUT2D eigenvalue weighted by Gasteiger charge is -2.22. The van der Waals surface area contributed by atoms with E-state index in [1.54, 1.807) is 35.8 Å². The molecule has 8 heteroatoms. The number of methoxy groups -OCH3 is 1. The number of carbonyl (C=O) groups excluding carboxylic acids is 1. The third kappa shape index (κ3) is 4.10. The molecule has 3 aromatic carbocycles. The van der Waals surface area contributed by atoms with Crippen molar-refractivity contribution in [2.24, 2.45) is 0 Å². The fourth-order valence-electron chi connectivity index (χ4n) is 3.75. The molecule has 0 aromatic heterocycles. The van der Waals surface area contributed by atoms with Gasteiger partial charge in [0.2, 0.25) is 0 Å². The molecule has 1 aliphatic heterocycles. The first kappa shape index (κ1) is 21.6. The van der Waals surface area contributed by atoms with E-state index in [4.69, 9.17) is 9.94 Å². The van der Waals surface area contributed by atoms with Gasteiger partial charge in [-0.05, 0) is 53.5 Å². The van der Waals surface area contributed by atoms with Gasteiger partial charge in [-0.25, -0.2) is 13.9 Å². The van der Waals surface area contributed by atoms with Gasteiger partial charge in [0.05, 0.1) is 17.7 Å². The summed E-state index contributed by atoms with van der Waals surface area (Å²) < 4.78 is 33.5. The maximum atomic E-state index is 13.4. The Morgan fingerprint density at radius 1 is 1.06 bits per heavy atom. The zero-order valence-corrected chi connectivity index (χ0v) is 18.2. The second-order valence-electron chi connectivity index (χ2n) is 7.25. The van der Waals surface area contributed by atoms with Crippen molar-refractivity contribution in [3.05, 3.63) is 83.9 Å². The van der Waals surface area contributed by atoms with Crippen LogP contribution in [-0.4, -0.2) is 33.2 Å². The Kier molecular flexibility index (Phi) is 5.98. The molecule has 4 rings (SSSR count). The Bertz CT molecular complexity index is 1270. The van der Waals surface area contributed by atoms with Crippen molar-refractivity contribution in [3.63, 3.8) is 0 Å². The van der Waals surface area contributed by atoms with Crippen LogP contribution in [0.4, 0.5) is 5.69 Å². The highest BCUT2D eigenvalue weighted by molar-refractivity contribution is 7.92. The third-order valence-corrected chi connectivity index (χ3v) is 7.17. The number of ether oxygens (including phenoxy) is 1. The van der Waals surface area contributed by atoms with E-state index in [9.17, 15) is 13.2 Å². The van der Waals surface area contributed by atoms with E-state index in [0.29, 0.717) is 24.4 Å². The minimum Gasteiger partial charge on any atom is -0.497 e.